The fourth-order valence-corrected chi connectivity index (χ4v) is 3.66. The van der Waals surface area contributed by atoms with Crippen molar-refractivity contribution in [1.82, 2.24) is 14.5 Å². The summed E-state index contributed by atoms with van der Waals surface area (Å²) in [6.45, 7) is 2.12. The first-order chi connectivity index (χ1) is 10.3. The number of aromatic nitrogens is 3. The number of hydrogen-bond acceptors (Lipinski definition) is 2. The smallest absolute Gasteiger partial charge is 0.160 e. The van der Waals surface area contributed by atoms with Crippen molar-refractivity contribution in [3.05, 3.63) is 23.7 Å². The normalized spacial score (nSPS) is 17.8. The minimum absolute atomic E-state index is 0.544. The Bertz CT molecular complexity index is 597. The molecule has 2 heterocycles. The van der Waals surface area contributed by atoms with Crippen LogP contribution in [-0.2, 0) is 6.42 Å². The van der Waals surface area contributed by atoms with Gasteiger partial charge in [0.25, 0.3) is 0 Å². The SMILES string of the molecule is Cc1ccnc2c1nc(CCCl)n2C1CCCCCCC1. The van der Waals surface area contributed by atoms with Crippen LogP contribution >= 0.6 is 11.6 Å². The van der Waals surface area contributed by atoms with Crippen LogP contribution in [0.15, 0.2) is 12.3 Å². The van der Waals surface area contributed by atoms with Crippen LogP contribution in [0.3, 0.4) is 0 Å². The van der Waals surface area contributed by atoms with E-state index in [4.69, 9.17) is 16.6 Å². The highest BCUT2D eigenvalue weighted by atomic mass is 35.5. The third-order valence-corrected chi connectivity index (χ3v) is 4.80. The van der Waals surface area contributed by atoms with Crippen molar-refractivity contribution in [3.63, 3.8) is 0 Å². The van der Waals surface area contributed by atoms with Gasteiger partial charge in [-0.05, 0) is 31.4 Å². The summed E-state index contributed by atoms with van der Waals surface area (Å²) in [5.74, 6) is 1.74. The zero-order valence-corrected chi connectivity index (χ0v) is 13.6. The maximum absolute atomic E-state index is 6.00. The Kier molecular flexibility index (Phi) is 4.79. The molecule has 1 aliphatic rings. The van der Waals surface area contributed by atoms with Crippen molar-refractivity contribution < 1.29 is 0 Å². The minimum atomic E-state index is 0.544. The average molecular weight is 306 g/mol. The third kappa shape index (κ3) is 3.08. The number of fused-ring (bicyclic) bond motifs is 1. The van der Waals surface area contributed by atoms with E-state index < -0.39 is 0 Å². The van der Waals surface area contributed by atoms with Gasteiger partial charge < -0.3 is 4.57 Å². The molecule has 1 aliphatic carbocycles. The summed E-state index contributed by atoms with van der Waals surface area (Å²) in [5, 5.41) is 0. The Morgan fingerprint density at radius 2 is 1.90 bits per heavy atom. The number of rotatable bonds is 3. The van der Waals surface area contributed by atoms with Crippen LogP contribution in [0, 0.1) is 6.92 Å². The fraction of sp³-hybridized carbons (Fsp3) is 0.647. The van der Waals surface area contributed by atoms with Crippen molar-refractivity contribution >= 4 is 22.8 Å². The molecule has 114 valence electrons. The topological polar surface area (TPSA) is 30.7 Å². The summed E-state index contributed by atoms with van der Waals surface area (Å²) >= 11 is 6.00. The van der Waals surface area contributed by atoms with Gasteiger partial charge in [-0.3, -0.25) is 0 Å². The lowest BCUT2D eigenvalue weighted by Gasteiger charge is -2.23. The molecular formula is C17H24ClN3. The number of alkyl halides is 1. The number of halogens is 1. The van der Waals surface area contributed by atoms with Crippen LogP contribution in [0.4, 0.5) is 0 Å². The van der Waals surface area contributed by atoms with Gasteiger partial charge in [0, 0.05) is 24.5 Å². The Labute approximate surface area is 131 Å². The maximum Gasteiger partial charge on any atom is 0.160 e. The summed E-state index contributed by atoms with van der Waals surface area (Å²) in [6.07, 6.45) is 12.0. The van der Waals surface area contributed by atoms with E-state index in [1.165, 1.54) is 50.5 Å². The highest BCUT2D eigenvalue weighted by molar-refractivity contribution is 6.17. The molecule has 2 aromatic rings. The predicted octanol–water partition coefficient (Wildman–Crippen LogP) is 4.81. The lowest BCUT2D eigenvalue weighted by molar-refractivity contribution is 0.370. The first kappa shape index (κ1) is 14.8. The Morgan fingerprint density at radius 3 is 2.62 bits per heavy atom. The summed E-state index contributed by atoms with van der Waals surface area (Å²) in [4.78, 5) is 9.48. The molecule has 0 bridgehead atoms. The van der Waals surface area contributed by atoms with Crippen molar-refractivity contribution in [2.45, 2.75) is 64.3 Å². The predicted molar refractivity (Wildman–Crippen MR) is 88.0 cm³/mol. The van der Waals surface area contributed by atoms with Gasteiger partial charge in [-0.25, -0.2) is 9.97 Å². The number of aryl methyl sites for hydroxylation is 2. The van der Waals surface area contributed by atoms with Crippen molar-refractivity contribution in [2.24, 2.45) is 0 Å². The Balaban J connectivity index is 2.05. The molecule has 0 radical (unpaired) electrons. The van der Waals surface area contributed by atoms with Gasteiger partial charge in [-0.1, -0.05) is 32.1 Å². The van der Waals surface area contributed by atoms with Crippen LogP contribution in [0.1, 0.15) is 62.4 Å². The lowest BCUT2D eigenvalue weighted by atomic mass is 9.96. The quantitative estimate of drug-likeness (QED) is 0.762. The van der Waals surface area contributed by atoms with E-state index >= 15 is 0 Å². The van der Waals surface area contributed by atoms with E-state index in [0.29, 0.717) is 11.9 Å². The summed E-state index contributed by atoms with van der Waals surface area (Å²) in [6, 6.07) is 2.59. The van der Waals surface area contributed by atoms with Crippen LogP contribution < -0.4 is 0 Å². The van der Waals surface area contributed by atoms with Gasteiger partial charge >= 0.3 is 0 Å². The van der Waals surface area contributed by atoms with Gasteiger partial charge in [0.15, 0.2) is 5.65 Å². The van der Waals surface area contributed by atoms with Crippen LogP contribution in [0.2, 0.25) is 0 Å². The second-order valence-corrected chi connectivity index (χ2v) is 6.51. The van der Waals surface area contributed by atoms with E-state index in [2.05, 4.69) is 16.5 Å². The summed E-state index contributed by atoms with van der Waals surface area (Å²) < 4.78 is 2.40. The molecule has 0 aliphatic heterocycles. The first-order valence-electron chi connectivity index (χ1n) is 8.19. The van der Waals surface area contributed by atoms with Crippen molar-refractivity contribution in [2.75, 3.05) is 5.88 Å². The van der Waals surface area contributed by atoms with Gasteiger partial charge in [0.05, 0.1) is 0 Å². The standard InChI is InChI=1S/C17H24ClN3/c1-13-10-12-19-17-16(13)20-15(9-11-18)21(17)14-7-5-3-2-4-6-8-14/h10,12,14H,2-9,11H2,1H3. The highest BCUT2D eigenvalue weighted by Crippen LogP contribution is 2.31. The molecule has 0 amide bonds. The summed E-state index contributed by atoms with van der Waals surface area (Å²) in [5.41, 5.74) is 3.32. The molecule has 0 spiro atoms. The zero-order chi connectivity index (χ0) is 14.7. The van der Waals surface area contributed by atoms with Crippen LogP contribution in [-0.4, -0.2) is 20.4 Å². The summed E-state index contributed by atoms with van der Waals surface area (Å²) in [7, 11) is 0. The molecule has 1 saturated carbocycles. The lowest BCUT2D eigenvalue weighted by Crippen LogP contribution is -2.15. The van der Waals surface area contributed by atoms with Crippen LogP contribution in [0.5, 0.6) is 0 Å². The van der Waals surface area contributed by atoms with E-state index in [1.54, 1.807) is 0 Å². The average Bonchev–Trinajstić information content (AvgIpc) is 2.79. The van der Waals surface area contributed by atoms with Crippen molar-refractivity contribution in [1.29, 1.82) is 0 Å². The number of imidazole rings is 1. The van der Waals surface area contributed by atoms with E-state index in [-0.39, 0.29) is 0 Å². The molecule has 3 rings (SSSR count). The minimum Gasteiger partial charge on any atom is -0.310 e. The van der Waals surface area contributed by atoms with Gasteiger partial charge in [0.2, 0.25) is 0 Å². The Hall–Kier alpha value is -1.09. The fourth-order valence-electron chi connectivity index (χ4n) is 3.49. The number of pyridine rings is 1. The molecule has 1 fully saturated rings. The van der Waals surface area contributed by atoms with Gasteiger partial charge in [0.1, 0.15) is 11.3 Å². The maximum atomic E-state index is 6.00. The van der Waals surface area contributed by atoms with Crippen molar-refractivity contribution in [3.8, 4) is 0 Å². The number of hydrogen-bond donors (Lipinski definition) is 0. The zero-order valence-electron chi connectivity index (χ0n) is 12.8. The van der Waals surface area contributed by atoms with E-state index in [9.17, 15) is 0 Å². The molecule has 0 unspecified atom stereocenters. The molecule has 21 heavy (non-hydrogen) atoms. The molecule has 4 heteroatoms. The van der Waals surface area contributed by atoms with E-state index in [0.717, 1.165) is 23.4 Å². The van der Waals surface area contributed by atoms with Gasteiger partial charge in [-0.15, -0.1) is 11.6 Å². The molecule has 0 N–H and O–H groups in total. The second-order valence-electron chi connectivity index (χ2n) is 6.14. The number of nitrogens with zero attached hydrogens (tertiary/aromatic N) is 3. The molecule has 3 nitrogen and oxygen atoms in total. The Morgan fingerprint density at radius 1 is 1.19 bits per heavy atom. The third-order valence-electron chi connectivity index (χ3n) is 4.61. The van der Waals surface area contributed by atoms with E-state index in [1.807, 2.05) is 12.3 Å². The molecule has 0 saturated heterocycles. The molecular weight excluding hydrogens is 282 g/mol. The monoisotopic (exact) mass is 305 g/mol. The van der Waals surface area contributed by atoms with Crippen LogP contribution in [0.25, 0.3) is 11.2 Å². The second kappa shape index (κ2) is 6.78. The first-order valence-corrected chi connectivity index (χ1v) is 8.73. The van der Waals surface area contributed by atoms with Gasteiger partial charge in [-0.2, -0.15) is 0 Å². The molecule has 2 aromatic heterocycles. The molecule has 0 atom stereocenters. The largest absolute Gasteiger partial charge is 0.310 e. The molecule has 0 aromatic carbocycles. The highest BCUT2D eigenvalue weighted by Gasteiger charge is 2.21.